The number of rotatable bonds is 3. The molecule has 0 unspecified atom stereocenters. The molecule has 0 amide bonds. The molecule has 0 bridgehead atoms. The molecule has 1 fully saturated rings. The van der Waals surface area contributed by atoms with Crippen LogP contribution in [0.2, 0.25) is 10.2 Å². The number of nitrogens with zero attached hydrogens (tertiary/aromatic N) is 4. The predicted octanol–water partition coefficient (Wildman–Crippen LogP) is 3.51. The van der Waals surface area contributed by atoms with Crippen LogP contribution >= 0.6 is 35.0 Å². The first kappa shape index (κ1) is 14.7. The summed E-state index contributed by atoms with van der Waals surface area (Å²) < 4.78 is 0. The number of halogens is 2. The molecular weight excluding hydrogens is 329 g/mol. The van der Waals surface area contributed by atoms with E-state index in [1.54, 1.807) is 6.20 Å². The summed E-state index contributed by atoms with van der Waals surface area (Å²) in [5.41, 5.74) is 5.83. The maximum atomic E-state index is 6.48. The molecule has 0 aromatic carbocycles. The van der Waals surface area contributed by atoms with Crippen LogP contribution in [-0.4, -0.2) is 27.5 Å². The van der Waals surface area contributed by atoms with Gasteiger partial charge in [-0.05, 0) is 19.4 Å². The second-order valence-electron chi connectivity index (χ2n) is 4.76. The zero-order chi connectivity index (χ0) is 15.0. The molecule has 8 heteroatoms. The normalized spacial score (nSPS) is 17.7. The molecular formula is C13H13Cl2N5S. The van der Waals surface area contributed by atoms with Crippen LogP contribution in [0.15, 0.2) is 28.4 Å². The molecule has 1 atom stereocenters. The van der Waals surface area contributed by atoms with Gasteiger partial charge in [-0.1, -0.05) is 35.0 Å². The van der Waals surface area contributed by atoms with Gasteiger partial charge in [0.15, 0.2) is 5.82 Å². The molecule has 0 saturated carbocycles. The van der Waals surface area contributed by atoms with Crippen molar-refractivity contribution in [1.29, 1.82) is 0 Å². The summed E-state index contributed by atoms with van der Waals surface area (Å²) in [7, 11) is 0. The second-order valence-corrected chi connectivity index (χ2v) is 6.56. The monoisotopic (exact) mass is 341 g/mol. The first-order chi connectivity index (χ1) is 10.1. The maximum Gasteiger partial charge on any atom is 0.158 e. The smallest absolute Gasteiger partial charge is 0.158 e. The summed E-state index contributed by atoms with van der Waals surface area (Å²) in [6.07, 6.45) is 4.37. The van der Waals surface area contributed by atoms with E-state index in [4.69, 9.17) is 28.9 Å². The Labute approximate surface area is 136 Å². The van der Waals surface area contributed by atoms with Gasteiger partial charge in [-0.3, -0.25) is 0 Å². The van der Waals surface area contributed by atoms with E-state index in [1.807, 2.05) is 6.07 Å². The minimum atomic E-state index is 0.271. The SMILES string of the molecule is C[C@H]1CCN1c1nccc(Sc2ncc(Cl)nc2N)c1Cl. The lowest BCUT2D eigenvalue weighted by atomic mass is 10.1. The van der Waals surface area contributed by atoms with Crippen molar-refractivity contribution < 1.29 is 0 Å². The van der Waals surface area contributed by atoms with E-state index < -0.39 is 0 Å². The minimum absolute atomic E-state index is 0.271. The highest BCUT2D eigenvalue weighted by atomic mass is 35.5. The maximum absolute atomic E-state index is 6.48. The van der Waals surface area contributed by atoms with Gasteiger partial charge >= 0.3 is 0 Å². The van der Waals surface area contributed by atoms with Crippen molar-refractivity contribution in [1.82, 2.24) is 15.0 Å². The highest BCUT2D eigenvalue weighted by molar-refractivity contribution is 7.99. The van der Waals surface area contributed by atoms with Crippen LogP contribution in [-0.2, 0) is 0 Å². The van der Waals surface area contributed by atoms with Crippen LogP contribution in [0.1, 0.15) is 13.3 Å². The molecule has 1 aliphatic rings. The molecule has 2 N–H and O–H groups in total. The van der Waals surface area contributed by atoms with E-state index in [1.165, 1.54) is 18.0 Å². The molecule has 1 aliphatic heterocycles. The van der Waals surface area contributed by atoms with Crippen LogP contribution in [0.3, 0.4) is 0 Å². The minimum Gasteiger partial charge on any atom is -0.381 e. The van der Waals surface area contributed by atoms with Gasteiger partial charge in [-0.2, -0.15) is 0 Å². The zero-order valence-corrected chi connectivity index (χ0v) is 13.6. The molecule has 110 valence electrons. The Hall–Kier alpha value is -1.24. The number of anilines is 2. The molecule has 21 heavy (non-hydrogen) atoms. The summed E-state index contributed by atoms with van der Waals surface area (Å²) in [4.78, 5) is 15.6. The van der Waals surface area contributed by atoms with Crippen molar-refractivity contribution in [2.24, 2.45) is 0 Å². The van der Waals surface area contributed by atoms with E-state index in [0.717, 1.165) is 23.7 Å². The molecule has 5 nitrogen and oxygen atoms in total. The molecule has 2 aromatic heterocycles. The number of pyridine rings is 1. The van der Waals surface area contributed by atoms with Crippen molar-refractivity contribution >= 4 is 46.6 Å². The third-order valence-corrected chi connectivity index (χ3v) is 5.10. The van der Waals surface area contributed by atoms with Gasteiger partial charge in [0.2, 0.25) is 0 Å². The fourth-order valence-electron chi connectivity index (χ4n) is 2.08. The molecule has 0 aliphatic carbocycles. The van der Waals surface area contributed by atoms with Gasteiger partial charge in [0, 0.05) is 23.7 Å². The summed E-state index contributed by atoms with van der Waals surface area (Å²) in [5, 5.41) is 1.47. The van der Waals surface area contributed by atoms with E-state index in [9.17, 15) is 0 Å². The molecule has 3 heterocycles. The van der Waals surface area contributed by atoms with Gasteiger partial charge in [0.1, 0.15) is 16.0 Å². The van der Waals surface area contributed by atoms with Crippen LogP contribution in [0.5, 0.6) is 0 Å². The Morgan fingerprint density at radius 3 is 2.81 bits per heavy atom. The topological polar surface area (TPSA) is 67.9 Å². The number of hydrogen-bond acceptors (Lipinski definition) is 6. The van der Waals surface area contributed by atoms with Crippen LogP contribution < -0.4 is 10.6 Å². The average Bonchev–Trinajstić information content (AvgIpc) is 2.44. The van der Waals surface area contributed by atoms with Crippen molar-refractivity contribution in [3.8, 4) is 0 Å². The Kier molecular flexibility index (Phi) is 4.10. The third kappa shape index (κ3) is 2.88. The van der Waals surface area contributed by atoms with Crippen LogP contribution in [0, 0.1) is 0 Å². The number of aromatic nitrogens is 3. The predicted molar refractivity (Wildman–Crippen MR) is 86.2 cm³/mol. The lowest BCUT2D eigenvalue weighted by Crippen LogP contribution is -2.46. The van der Waals surface area contributed by atoms with Crippen molar-refractivity contribution in [2.45, 2.75) is 29.3 Å². The standard InChI is InChI=1S/C13H13Cl2N5S/c1-7-3-5-20(7)12-10(15)8(2-4-17-12)21-13-11(16)19-9(14)6-18-13/h2,4,6-7H,3,5H2,1H3,(H2,16,19)/t7-/m0/s1. The lowest BCUT2D eigenvalue weighted by Gasteiger charge is -2.40. The third-order valence-electron chi connectivity index (χ3n) is 3.37. The average molecular weight is 342 g/mol. The Bertz CT molecular complexity index is 682. The molecule has 0 radical (unpaired) electrons. The first-order valence-corrected chi connectivity index (χ1v) is 8.00. The van der Waals surface area contributed by atoms with Gasteiger partial charge in [0.05, 0.1) is 11.2 Å². The van der Waals surface area contributed by atoms with E-state index in [2.05, 4.69) is 26.8 Å². The Morgan fingerprint density at radius 2 is 2.19 bits per heavy atom. The highest BCUT2D eigenvalue weighted by Gasteiger charge is 2.27. The summed E-state index contributed by atoms with van der Waals surface area (Å²) in [6, 6.07) is 2.31. The largest absolute Gasteiger partial charge is 0.381 e. The van der Waals surface area contributed by atoms with Gasteiger partial charge in [-0.15, -0.1) is 0 Å². The van der Waals surface area contributed by atoms with Gasteiger partial charge in [-0.25, -0.2) is 15.0 Å². The second kappa shape index (κ2) is 5.87. The molecule has 0 spiro atoms. The summed E-state index contributed by atoms with van der Waals surface area (Å²) in [5.74, 6) is 1.10. The van der Waals surface area contributed by atoms with E-state index >= 15 is 0 Å². The fourth-order valence-corrected chi connectivity index (χ4v) is 3.33. The summed E-state index contributed by atoms with van der Waals surface area (Å²) >= 11 is 13.6. The fraction of sp³-hybridized carbons (Fsp3) is 0.308. The van der Waals surface area contributed by atoms with Crippen LogP contribution in [0.4, 0.5) is 11.6 Å². The van der Waals surface area contributed by atoms with Gasteiger partial charge in [0.25, 0.3) is 0 Å². The number of nitrogens with two attached hydrogens (primary N) is 1. The first-order valence-electron chi connectivity index (χ1n) is 6.43. The van der Waals surface area contributed by atoms with Crippen LogP contribution in [0.25, 0.3) is 0 Å². The lowest BCUT2D eigenvalue weighted by molar-refractivity contribution is 0.476. The summed E-state index contributed by atoms with van der Waals surface area (Å²) in [6.45, 7) is 3.13. The molecule has 1 saturated heterocycles. The molecule has 3 rings (SSSR count). The number of hydrogen-bond donors (Lipinski definition) is 1. The Balaban J connectivity index is 1.90. The highest BCUT2D eigenvalue weighted by Crippen LogP contribution is 2.40. The number of nitrogen functional groups attached to an aromatic ring is 1. The van der Waals surface area contributed by atoms with E-state index in [0.29, 0.717) is 21.9 Å². The quantitative estimate of drug-likeness (QED) is 0.921. The van der Waals surface area contributed by atoms with Crippen molar-refractivity contribution in [2.75, 3.05) is 17.2 Å². The van der Waals surface area contributed by atoms with Gasteiger partial charge < -0.3 is 10.6 Å². The zero-order valence-electron chi connectivity index (χ0n) is 11.3. The van der Waals surface area contributed by atoms with Crippen molar-refractivity contribution in [3.05, 3.63) is 28.6 Å². The molecule has 2 aromatic rings. The van der Waals surface area contributed by atoms with Crippen molar-refractivity contribution in [3.63, 3.8) is 0 Å². The van der Waals surface area contributed by atoms with E-state index in [-0.39, 0.29) is 5.15 Å². The Morgan fingerprint density at radius 1 is 1.38 bits per heavy atom.